The van der Waals surface area contributed by atoms with Crippen LogP contribution in [0.4, 0.5) is 18.9 Å². The summed E-state index contributed by atoms with van der Waals surface area (Å²) in [7, 11) is 1.44. The van der Waals surface area contributed by atoms with Gasteiger partial charge in [-0.05, 0) is 23.8 Å². The van der Waals surface area contributed by atoms with E-state index in [0.29, 0.717) is 5.76 Å². The second kappa shape index (κ2) is 6.80. The molecule has 1 amide bonds. The Kier molecular flexibility index (Phi) is 5.02. The highest BCUT2D eigenvalue weighted by atomic mass is 19.4. The van der Waals surface area contributed by atoms with Gasteiger partial charge in [0.2, 0.25) is 0 Å². The maximum absolute atomic E-state index is 12.8. The van der Waals surface area contributed by atoms with Crippen molar-refractivity contribution in [2.45, 2.75) is 19.3 Å². The standard InChI is InChI=1S/C14H14F3N3O3/c1-22-7-11-5-12(20-23-11)13(21)19-10-3-8(6-18)2-9(4-10)14(15,16)17/h2-5H,6-7,18H2,1H3,(H,19,21). The smallest absolute Gasteiger partial charge is 0.377 e. The van der Waals surface area contributed by atoms with Gasteiger partial charge in [0.25, 0.3) is 5.91 Å². The molecule has 0 atom stereocenters. The molecule has 0 radical (unpaired) electrons. The van der Waals surface area contributed by atoms with E-state index in [1.165, 1.54) is 19.2 Å². The summed E-state index contributed by atoms with van der Waals surface area (Å²) >= 11 is 0. The maximum atomic E-state index is 12.8. The molecule has 124 valence electrons. The number of amides is 1. The van der Waals surface area contributed by atoms with Gasteiger partial charge < -0.3 is 20.3 Å². The Balaban J connectivity index is 2.22. The van der Waals surface area contributed by atoms with E-state index in [2.05, 4.69) is 10.5 Å². The van der Waals surface area contributed by atoms with Gasteiger partial charge in [0, 0.05) is 25.4 Å². The van der Waals surface area contributed by atoms with Crippen molar-refractivity contribution in [2.75, 3.05) is 12.4 Å². The summed E-state index contributed by atoms with van der Waals surface area (Å²) in [6.45, 7) is 0.0376. The van der Waals surface area contributed by atoms with Crippen molar-refractivity contribution in [3.63, 3.8) is 0 Å². The molecule has 0 aliphatic carbocycles. The molecule has 1 aromatic carbocycles. The van der Waals surface area contributed by atoms with Gasteiger partial charge in [-0.1, -0.05) is 5.16 Å². The van der Waals surface area contributed by atoms with Crippen molar-refractivity contribution < 1.29 is 27.2 Å². The van der Waals surface area contributed by atoms with Crippen LogP contribution < -0.4 is 11.1 Å². The number of carbonyl (C=O) groups excluding carboxylic acids is 1. The molecular formula is C14H14F3N3O3. The summed E-state index contributed by atoms with van der Waals surface area (Å²) in [4.78, 5) is 12.0. The number of carbonyl (C=O) groups is 1. The van der Waals surface area contributed by atoms with Crippen LogP contribution >= 0.6 is 0 Å². The molecule has 0 unspecified atom stereocenters. The van der Waals surface area contributed by atoms with Crippen LogP contribution in [-0.4, -0.2) is 18.2 Å². The predicted molar refractivity (Wildman–Crippen MR) is 74.5 cm³/mol. The first-order valence-electron chi connectivity index (χ1n) is 6.50. The number of aromatic nitrogens is 1. The molecule has 0 aliphatic rings. The molecule has 0 aliphatic heterocycles. The highest BCUT2D eigenvalue weighted by Gasteiger charge is 2.31. The zero-order valence-corrected chi connectivity index (χ0v) is 12.1. The molecule has 2 rings (SSSR count). The molecule has 0 saturated heterocycles. The van der Waals surface area contributed by atoms with Gasteiger partial charge >= 0.3 is 6.18 Å². The number of nitrogens with two attached hydrogens (primary N) is 1. The molecule has 6 nitrogen and oxygen atoms in total. The number of hydrogen-bond donors (Lipinski definition) is 2. The largest absolute Gasteiger partial charge is 0.416 e. The maximum Gasteiger partial charge on any atom is 0.416 e. The summed E-state index contributed by atoms with van der Waals surface area (Å²) < 4.78 is 48.2. The summed E-state index contributed by atoms with van der Waals surface area (Å²) in [5.41, 5.74) is 4.65. The Bertz CT molecular complexity index is 698. The quantitative estimate of drug-likeness (QED) is 0.880. The van der Waals surface area contributed by atoms with Gasteiger partial charge in [0.15, 0.2) is 11.5 Å². The lowest BCUT2D eigenvalue weighted by atomic mass is 10.1. The minimum absolute atomic E-state index is 0.0263. The fourth-order valence-corrected chi connectivity index (χ4v) is 1.87. The van der Waals surface area contributed by atoms with Crippen LogP contribution in [0.1, 0.15) is 27.4 Å². The van der Waals surface area contributed by atoms with Gasteiger partial charge in [-0.2, -0.15) is 13.2 Å². The second-order valence-corrected chi connectivity index (χ2v) is 4.69. The number of methoxy groups -OCH3 is 1. The van der Waals surface area contributed by atoms with Crippen LogP contribution in [-0.2, 0) is 24.1 Å². The van der Waals surface area contributed by atoms with Crippen molar-refractivity contribution in [1.82, 2.24) is 5.16 Å². The van der Waals surface area contributed by atoms with Crippen LogP contribution in [0.15, 0.2) is 28.8 Å². The first-order valence-corrected chi connectivity index (χ1v) is 6.50. The minimum Gasteiger partial charge on any atom is -0.377 e. The van der Waals surface area contributed by atoms with E-state index in [4.69, 9.17) is 15.0 Å². The van der Waals surface area contributed by atoms with Crippen LogP contribution in [0.5, 0.6) is 0 Å². The number of ether oxygens (including phenoxy) is 1. The monoisotopic (exact) mass is 329 g/mol. The summed E-state index contributed by atoms with van der Waals surface area (Å²) in [5, 5.41) is 5.87. The van der Waals surface area contributed by atoms with E-state index >= 15 is 0 Å². The SMILES string of the molecule is COCc1cc(C(=O)Nc2cc(CN)cc(C(F)(F)F)c2)no1. The van der Waals surface area contributed by atoms with Gasteiger partial charge in [-0.15, -0.1) is 0 Å². The number of alkyl halides is 3. The van der Waals surface area contributed by atoms with Crippen LogP contribution in [0.25, 0.3) is 0 Å². The third-order valence-electron chi connectivity index (χ3n) is 2.89. The second-order valence-electron chi connectivity index (χ2n) is 4.69. The average molecular weight is 329 g/mol. The third kappa shape index (κ3) is 4.30. The zero-order chi connectivity index (χ0) is 17.0. The number of hydrogen-bond acceptors (Lipinski definition) is 5. The van der Waals surface area contributed by atoms with Crippen molar-refractivity contribution in [1.29, 1.82) is 0 Å². The fourth-order valence-electron chi connectivity index (χ4n) is 1.87. The van der Waals surface area contributed by atoms with Gasteiger partial charge in [0.1, 0.15) is 6.61 Å². The highest BCUT2D eigenvalue weighted by Crippen LogP contribution is 2.32. The van der Waals surface area contributed by atoms with E-state index in [-0.39, 0.29) is 30.1 Å². The molecule has 1 heterocycles. The molecule has 0 fully saturated rings. The molecule has 0 spiro atoms. The average Bonchev–Trinajstić information content (AvgIpc) is 2.95. The minimum atomic E-state index is -4.54. The molecular weight excluding hydrogens is 315 g/mol. The zero-order valence-electron chi connectivity index (χ0n) is 12.1. The van der Waals surface area contributed by atoms with E-state index in [9.17, 15) is 18.0 Å². The number of rotatable bonds is 5. The summed E-state index contributed by atoms with van der Waals surface area (Å²) in [5.74, 6) is -0.372. The molecule has 0 bridgehead atoms. The van der Waals surface area contributed by atoms with E-state index in [1.54, 1.807) is 0 Å². The van der Waals surface area contributed by atoms with E-state index in [0.717, 1.165) is 12.1 Å². The van der Waals surface area contributed by atoms with Crippen molar-refractivity contribution in [3.8, 4) is 0 Å². The summed E-state index contributed by atoms with van der Waals surface area (Å²) in [6, 6.07) is 4.47. The summed E-state index contributed by atoms with van der Waals surface area (Å²) in [6.07, 6.45) is -4.54. The Morgan fingerprint density at radius 2 is 2.09 bits per heavy atom. The number of nitrogens with one attached hydrogen (secondary N) is 1. The number of benzene rings is 1. The Labute approximate surface area is 129 Å². The molecule has 1 aromatic heterocycles. The number of nitrogens with zero attached hydrogens (tertiary/aromatic N) is 1. The molecule has 9 heteroatoms. The van der Waals surface area contributed by atoms with Gasteiger partial charge in [-0.25, -0.2) is 0 Å². The van der Waals surface area contributed by atoms with Crippen LogP contribution in [0.3, 0.4) is 0 Å². The lowest BCUT2D eigenvalue weighted by molar-refractivity contribution is -0.137. The third-order valence-corrected chi connectivity index (χ3v) is 2.89. The highest BCUT2D eigenvalue weighted by molar-refractivity contribution is 6.02. The van der Waals surface area contributed by atoms with Crippen LogP contribution in [0, 0.1) is 0 Å². The molecule has 23 heavy (non-hydrogen) atoms. The van der Waals surface area contributed by atoms with Gasteiger partial charge in [-0.3, -0.25) is 4.79 Å². The first kappa shape index (κ1) is 17.0. The lowest BCUT2D eigenvalue weighted by Gasteiger charge is -2.11. The van der Waals surface area contributed by atoms with Crippen molar-refractivity contribution in [2.24, 2.45) is 5.73 Å². The van der Waals surface area contributed by atoms with E-state index in [1.807, 2.05) is 0 Å². The van der Waals surface area contributed by atoms with Crippen LogP contribution in [0.2, 0.25) is 0 Å². The van der Waals surface area contributed by atoms with Gasteiger partial charge in [0.05, 0.1) is 5.56 Å². The van der Waals surface area contributed by atoms with E-state index < -0.39 is 17.6 Å². The first-order chi connectivity index (χ1) is 10.8. The molecule has 3 N–H and O–H groups in total. The Hall–Kier alpha value is -2.39. The Morgan fingerprint density at radius 3 is 2.70 bits per heavy atom. The van der Waals surface area contributed by atoms with Crippen molar-refractivity contribution in [3.05, 3.63) is 46.8 Å². The fraction of sp³-hybridized carbons (Fsp3) is 0.286. The number of anilines is 1. The predicted octanol–water partition coefficient (Wildman–Crippen LogP) is 2.55. The lowest BCUT2D eigenvalue weighted by Crippen LogP contribution is -2.14. The normalized spacial score (nSPS) is 11.5. The topological polar surface area (TPSA) is 90.4 Å². The number of halogens is 3. The molecule has 2 aromatic rings. The Morgan fingerprint density at radius 1 is 1.35 bits per heavy atom. The molecule has 0 saturated carbocycles. The van der Waals surface area contributed by atoms with Crippen molar-refractivity contribution >= 4 is 11.6 Å².